The van der Waals surface area contributed by atoms with E-state index < -0.39 is 5.82 Å². The zero-order valence-electron chi connectivity index (χ0n) is 8.41. The molecule has 1 aromatic carbocycles. The fraction of sp³-hybridized carbons (Fsp3) is 0.300. The van der Waals surface area contributed by atoms with E-state index in [1.54, 1.807) is 0 Å². The summed E-state index contributed by atoms with van der Waals surface area (Å²) in [6, 6.07) is 2.73. The van der Waals surface area contributed by atoms with E-state index in [2.05, 4.69) is 4.99 Å². The van der Waals surface area contributed by atoms with Crippen molar-refractivity contribution < 1.29 is 18.7 Å². The van der Waals surface area contributed by atoms with Gasteiger partial charge in [-0.25, -0.2) is 14.2 Å². The molecule has 80 valence electrons. The van der Waals surface area contributed by atoms with Crippen molar-refractivity contribution in [2.24, 2.45) is 4.99 Å². The van der Waals surface area contributed by atoms with Crippen LogP contribution in [0.4, 0.5) is 4.39 Å². The van der Waals surface area contributed by atoms with Crippen molar-refractivity contribution in [2.75, 3.05) is 14.2 Å². The van der Waals surface area contributed by atoms with Crippen molar-refractivity contribution in [1.82, 2.24) is 0 Å². The van der Waals surface area contributed by atoms with Gasteiger partial charge in [0.25, 0.3) is 0 Å². The highest BCUT2D eigenvalue weighted by atomic mass is 19.1. The molecule has 15 heavy (non-hydrogen) atoms. The Kier molecular flexibility index (Phi) is 3.83. The standard InChI is InChI=1S/C10H10FNO3/c1-14-7-3-9(11)8(5-12-6-13)10(4-7)15-2/h3-4H,5H2,1-2H3. The maximum atomic E-state index is 13.5. The third kappa shape index (κ3) is 2.54. The zero-order valence-corrected chi connectivity index (χ0v) is 8.41. The lowest BCUT2D eigenvalue weighted by Crippen LogP contribution is -1.97. The Hall–Kier alpha value is -1.87. The first-order valence-electron chi connectivity index (χ1n) is 4.17. The highest BCUT2D eigenvalue weighted by Gasteiger charge is 2.11. The van der Waals surface area contributed by atoms with Gasteiger partial charge in [0.05, 0.1) is 26.3 Å². The number of carbonyl (C=O) groups excluding carboxylic acids is 1. The molecule has 0 saturated heterocycles. The number of benzene rings is 1. The molecule has 0 atom stereocenters. The van der Waals surface area contributed by atoms with Crippen molar-refractivity contribution in [3.05, 3.63) is 23.5 Å². The molecule has 1 aromatic rings. The normalized spacial score (nSPS) is 9.27. The average molecular weight is 211 g/mol. The van der Waals surface area contributed by atoms with E-state index in [-0.39, 0.29) is 12.1 Å². The largest absolute Gasteiger partial charge is 0.497 e. The van der Waals surface area contributed by atoms with Gasteiger partial charge in [-0.3, -0.25) is 0 Å². The predicted octanol–water partition coefficient (Wildman–Crippen LogP) is 1.68. The molecule has 0 bridgehead atoms. The quantitative estimate of drug-likeness (QED) is 0.562. The van der Waals surface area contributed by atoms with E-state index in [9.17, 15) is 9.18 Å². The molecule has 0 aliphatic carbocycles. The van der Waals surface area contributed by atoms with Crippen LogP contribution in [0.15, 0.2) is 17.1 Å². The second-order valence-electron chi connectivity index (χ2n) is 2.70. The second-order valence-corrected chi connectivity index (χ2v) is 2.70. The van der Waals surface area contributed by atoms with Crippen molar-refractivity contribution in [2.45, 2.75) is 6.54 Å². The summed E-state index contributed by atoms with van der Waals surface area (Å²) in [5.74, 6) is 0.124. The van der Waals surface area contributed by atoms with Crippen LogP contribution in [0.1, 0.15) is 5.56 Å². The van der Waals surface area contributed by atoms with Crippen LogP contribution < -0.4 is 9.47 Å². The van der Waals surface area contributed by atoms with Gasteiger partial charge in [-0.1, -0.05) is 0 Å². The Morgan fingerprint density at radius 2 is 2.13 bits per heavy atom. The highest BCUT2D eigenvalue weighted by molar-refractivity contribution is 5.43. The maximum Gasteiger partial charge on any atom is 0.235 e. The van der Waals surface area contributed by atoms with E-state index in [1.807, 2.05) is 0 Å². The van der Waals surface area contributed by atoms with Gasteiger partial charge in [-0.2, -0.15) is 0 Å². The number of halogens is 1. The molecule has 0 spiro atoms. The maximum absolute atomic E-state index is 13.5. The fourth-order valence-corrected chi connectivity index (χ4v) is 1.15. The van der Waals surface area contributed by atoms with Gasteiger partial charge < -0.3 is 9.47 Å². The van der Waals surface area contributed by atoms with Crippen LogP contribution >= 0.6 is 0 Å². The molecule has 0 unspecified atom stereocenters. The van der Waals surface area contributed by atoms with Crippen LogP contribution in [0.5, 0.6) is 11.5 Å². The minimum Gasteiger partial charge on any atom is -0.497 e. The van der Waals surface area contributed by atoms with Gasteiger partial charge in [0.1, 0.15) is 17.3 Å². The average Bonchev–Trinajstić information content (AvgIpc) is 2.26. The molecule has 0 aliphatic heterocycles. The molecule has 0 aromatic heterocycles. The summed E-state index contributed by atoms with van der Waals surface area (Å²) < 4.78 is 23.3. The van der Waals surface area contributed by atoms with Crippen molar-refractivity contribution in [3.8, 4) is 11.5 Å². The van der Waals surface area contributed by atoms with Gasteiger partial charge in [0.2, 0.25) is 6.08 Å². The Balaban J connectivity index is 3.17. The van der Waals surface area contributed by atoms with Crippen LogP contribution in [-0.2, 0) is 11.3 Å². The lowest BCUT2D eigenvalue weighted by Gasteiger charge is -2.09. The summed E-state index contributed by atoms with van der Waals surface area (Å²) in [6.45, 7) is -0.0947. The first-order valence-corrected chi connectivity index (χ1v) is 4.17. The van der Waals surface area contributed by atoms with E-state index in [1.165, 1.54) is 32.4 Å². The second kappa shape index (κ2) is 5.12. The number of hydrogen-bond acceptors (Lipinski definition) is 4. The molecule has 4 nitrogen and oxygen atoms in total. The molecule has 1 rings (SSSR count). The highest BCUT2D eigenvalue weighted by Crippen LogP contribution is 2.28. The summed E-state index contributed by atoms with van der Waals surface area (Å²) >= 11 is 0. The predicted molar refractivity (Wildman–Crippen MR) is 51.3 cm³/mol. The molecule has 0 radical (unpaired) electrons. The van der Waals surface area contributed by atoms with Crippen LogP contribution in [0.2, 0.25) is 0 Å². The number of rotatable bonds is 4. The molecule has 0 aliphatic rings. The van der Waals surface area contributed by atoms with Gasteiger partial charge >= 0.3 is 0 Å². The van der Waals surface area contributed by atoms with Crippen LogP contribution in [0.3, 0.4) is 0 Å². The molecular formula is C10H10FNO3. The Bertz CT molecular complexity index is 400. The molecule has 5 heteroatoms. The van der Waals surface area contributed by atoms with Crippen molar-refractivity contribution >= 4 is 6.08 Å². The van der Waals surface area contributed by atoms with E-state index in [4.69, 9.17) is 9.47 Å². The number of methoxy groups -OCH3 is 2. The van der Waals surface area contributed by atoms with E-state index in [0.717, 1.165) is 0 Å². The third-order valence-electron chi connectivity index (χ3n) is 1.89. The summed E-state index contributed by atoms with van der Waals surface area (Å²) in [5.41, 5.74) is 0.210. The van der Waals surface area contributed by atoms with Crippen molar-refractivity contribution in [1.29, 1.82) is 0 Å². The van der Waals surface area contributed by atoms with Crippen molar-refractivity contribution in [3.63, 3.8) is 0 Å². The molecule has 0 amide bonds. The van der Waals surface area contributed by atoms with Crippen LogP contribution in [0, 0.1) is 5.82 Å². The molecular weight excluding hydrogens is 201 g/mol. The minimum atomic E-state index is -0.523. The first-order chi connectivity index (χ1) is 7.22. The summed E-state index contributed by atoms with van der Waals surface area (Å²) in [7, 11) is 2.83. The molecule has 0 heterocycles. The molecule has 0 saturated carbocycles. The number of isocyanates is 1. The van der Waals surface area contributed by atoms with Gasteiger partial charge in [0.15, 0.2) is 0 Å². The summed E-state index contributed by atoms with van der Waals surface area (Å²) in [6.07, 6.45) is 1.34. The third-order valence-corrected chi connectivity index (χ3v) is 1.89. The number of nitrogens with zero attached hydrogens (tertiary/aromatic N) is 1. The minimum absolute atomic E-state index is 0.0947. The number of aliphatic imine (C=N–C) groups is 1. The van der Waals surface area contributed by atoms with Gasteiger partial charge in [-0.15, -0.1) is 0 Å². The monoisotopic (exact) mass is 211 g/mol. The van der Waals surface area contributed by atoms with Gasteiger partial charge in [0, 0.05) is 12.1 Å². The zero-order chi connectivity index (χ0) is 11.3. The Labute approximate surface area is 86.3 Å². The number of ether oxygens (including phenoxy) is 2. The molecule has 0 fully saturated rings. The SMILES string of the molecule is COc1cc(F)c(CN=C=O)c(OC)c1. The lowest BCUT2D eigenvalue weighted by molar-refractivity contribution is 0.384. The fourth-order valence-electron chi connectivity index (χ4n) is 1.15. The summed E-state index contributed by atoms with van der Waals surface area (Å²) in [4.78, 5) is 13.2. The van der Waals surface area contributed by atoms with E-state index >= 15 is 0 Å². The Morgan fingerprint density at radius 3 is 2.67 bits per heavy atom. The topological polar surface area (TPSA) is 47.9 Å². The molecule has 0 N–H and O–H groups in total. The van der Waals surface area contributed by atoms with Crippen LogP contribution in [0.25, 0.3) is 0 Å². The smallest absolute Gasteiger partial charge is 0.235 e. The van der Waals surface area contributed by atoms with Crippen LogP contribution in [-0.4, -0.2) is 20.3 Å². The lowest BCUT2D eigenvalue weighted by atomic mass is 10.2. The Morgan fingerprint density at radius 1 is 1.40 bits per heavy atom. The first kappa shape index (κ1) is 11.2. The number of hydrogen-bond donors (Lipinski definition) is 0. The van der Waals surface area contributed by atoms with E-state index in [0.29, 0.717) is 11.5 Å². The summed E-state index contributed by atoms with van der Waals surface area (Å²) in [5, 5.41) is 0. The van der Waals surface area contributed by atoms with Gasteiger partial charge in [-0.05, 0) is 0 Å².